The molecular formula is C27H42ClIN4O2. The van der Waals surface area contributed by atoms with Gasteiger partial charge in [-0.1, -0.05) is 67.3 Å². The van der Waals surface area contributed by atoms with Crippen LogP contribution in [0.1, 0.15) is 74.7 Å². The summed E-state index contributed by atoms with van der Waals surface area (Å²) in [6.45, 7) is 9.72. The van der Waals surface area contributed by atoms with Crippen molar-refractivity contribution in [2.45, 2.75) is 75.3 Å². The Morgan fingerprint density at radius 1 is 1.20 bits per heavy atom. The smallest absolute Gasteiger partial charge is 0.251 e. The lowest BCUT2D eigenvalue weighted by Gasteiger charge is -2.30. The van der Waals surface area contributed by atoms with Crippen LogP contribution in [-0.2, 0) is 9.22 Å². The molecule has 2 aliphatic heterocycles. The average Bonchev–Trinajstić information content (AvgIpc) is 3.03. The molecule has 2 amide bonds. The SMILES string of the molecule is CCC(CC)CN1CC[C@@H](CNC(=O)c2ccc(Cl)c(CI)c2)N[C@@H](CCN2CCCCC2)C1=O. The van der Waals surface area contributed by atoms with Crippen LogP contribution in [0.5, 0.6) is 0 Å². The highest BCUT2D eigenvalue weighted by atomic mass is 127. The van der Waals surface area contributed by atoms with Crippen molar-refractivity contribution in [2.24, 2.45) is 5.92 Å². The number of amides is 2. The van der Waals surface area contributed by atoms with E-state index in [0.717, 1.165) is 68.4 Å². The molecule has 2 N–H and O–H groups in total. The van der Waals surface area contributed by atoms with Gasteiger partial charge in [0.1, 0.15) is 0 Å². The Hall–Kier alpha value is -0.900. The third kappa shape index (κ3) is 8.58. The molecule has 2 heterocycles. The zero-order valence-electron chi connectivity index (χ0n) is 21.3. The number of nitrogens with zero attached hydrogens (tertiary/aromatic N) is 2. The molecule has 0 aliphatic carbocycles. The van der Waals surface area contributed by atoms with E-state index >= 15 is 0 Å². The summed E-state index contributed by atoms with van der Waals surface area (Å²) < 4.78 is 0.759. The molecule has 0 saturated carbocycles. The highest BCUT2D eigenvalue weighted by molar-refractivity contribution is 14.1. The first-order chi connectivity index (χ1) is 16.9. The van der Waals surface area contributed by atoms with E-state index in [1.807, 2.05) is 6.07 Å². The van der Waals surface area contributed by atoms with E-state index in [0.29, 0.717) is 23.0 Å². The van der Waals surface area contributed by atoms with Gasteiger partial charge in [-0.3, -0.25) is 9.59 Å². The summed E-state index contributed by atoms with van der Waals surface area (Å²) in [5.41, 5.74) is 1.59. The number of hydrogen-bond acceptors (Lipinski definition) is 4. The first-order valence-corrected chi connectivity index (χ1v) is 15.2. The van der Waals surface area contributed by atoms with E-state index in [9.17, 15) is 9.59 Å². The van der Waals surface area contributed by atoms with Crippen molar-refractivity contribution in [3.63, 3.8) is 0 Å². The van der Waals surface area contributed by atoms with Gasteiger partial charge in [0.25, 0.3) is 5.91 Å². The second kappa shape index (κ2) is 14.7. The van der Waals surface area contributed by atoms with Gasteiger partial charge in [-0.25, -0.2) is 0 Å². The summed E-state index contributed by atoms with van der Waals surface area (Å²) in [7, 11) is 0. The Morgan fingerprint density at radius 2 is 1.94 bits per heavy atom. The molecule has 196 valence electrons. The Bertz CT molecular complexity index is 829. The van der Waals surface area contributed by atoms with E-state index < -0.39 is 0 Å². The van der Waals surface area contributed by atoms with Crippen LogP contribution >= 0.6 is 34.2 Å². The predicted octanol–water partition coefficient (Wildman–Crippen LogP) is 4.88. The topological polar surface area (TPSA) is 64.7 Å². The maximum atomic E-state index is 13.5. The maximum absolute atomic E-state index is 13.5. The maximum Gasteiger partial charge on any atom is 0.251 e. The first-order valence-electron chi connectivity index (χ1n) is 13.3. The lowest BCUT2D eigenvalue weighted by atomic mass is 10.0. The highest BCUT2D eigenvalue weighted by Gasteiger charge is 2.32. The zero-order chi connectivity index (χ0) is 25.2. The molecule has 1 aromatic carbocycles. The van der Waals surface area contributed by atoms with Crippen molar-refractivity contribution in [1.82, 2.24) is 20.4 Å². The van der Waals surface area contributed by atoms with Gasteiger partial charge in [0.05, 0.1) is 6.04 Å². The van der Waals surface area contributed by atoms with E-state index in [2.05, 4.69) is 56.9 Å². The Morgan fingerprint density at radius 3 is 2.63 bits per heavy atom. The third-order valence-corrected chi connectivity index (χ3v) is 8.76. The molecule has 0 spiro atoms. The molecule has 3 rings (SSSR count). The molecule has 2 atom stereocenters. The summed E-state index contributed by atoms with van der Waals surface area (Å²) in [6.07, 6.45) is 7.66. The van der Waals surface area contributed by atoms with Crippen molar-refractivity contribution in [1.29, 1.82) is 0 Å². The number of carbonyl (C=O) groups excluding carboxylic acids is 2. The van der Waals surface area contributed by atoms with Crippen LogP contribution in [-0.4, -0.2) is 73.0 Å². The monoisotopic (exact) mass is 616 g/mol. The normalized spacial score (nSPS) is 21.9. The van der Waals surface area contributed by atoms with Gasteiger partial charge < -0.3 is 20.4 Å². The highest BCUT2D eigenvalue weighted by Crippen LogP contribution is 2.21. The molecule has 1 aromatic rings. The molecule has 0 unspecified atom stereocenters. The van der Waals surface area contributed by atoms with Crippen LogP contribution in [0.15, 0.2) is 18.2 Å². The number of carbonyl (C=O) groups is 2. The van der Waals surface area contributed by atoms with Crippen LogP contribution in [0.4, 0.5) is 0 Å². The number of rotatable bonds is 11. The minimum absolute atomic E-state index is 0.0669. The molecule has 0 aromatic heterocycles. The number of benzene rings is 1. The fraction of sp³-hybridized carbons (Fsp3) is 0.704. The quantitative estimate of drug-likeness (QED) is 0.275. The molecule has 2 saturated heterocycles. The lowest BCUT2D eigenvalue weighted by Crippen LogP contribution is -2.50. The van der Waals surface area contributed by atoms with Gasteiger partial charge in [0, 0.05) is 47.2 Å². The number of hydrogen-bond donors (Lipinski definition) is 2. The van der Waals surface area contributed by atoms with Crippen molar-refractivity contribution in [2.75, 3.05) is 39.3 Å². The number of piperidine rings is 1. The molecule has 35 heavy (non-hydrogen) atoms. The number of halogens is 2. The summed E-state index contributed by atoms with van der Waals surface area (Å²) in [4.78, 5) is 31.0. The fourth-order valence-electron chi connectivity index (χ4n) is 5.12. The Balaban J connectivity index is 1.64. The van der Waals surface area contributed by atoms with Gasteiger partial charge in [-0.15, -0.1) is 0 Å². The summed E-state index contributed by atoms with van der Waals surface area (Å²) in [5, 5.41) is 7.42. The van der Waals surface area contributed by atoms with Gasteiger partial charge in [-0.2, -0.15) is 0 Å². The van der Waals surface area contributed by atoms with Gasteiger partial charge in [0.15, 0.2) is 0 Å². The van der Waals surface area contributed by atoms with E-state index in [4.69, 9.17) is 11.6 Å². The average molecular weight is 617 g/mol. The van der Waals surface area contributed by atoms with Gasteiger partial charge >= 0.3 is 0 Å². The van der Waals surface area contributed by atoms with E-state index in [-0.39, 0.29) is 23.9 Å². The zero-order valence-corrected chi connectivity index (χ0v) is 24.2. The molecule has 2 aliphatic rings. The molecule has 0 radical (unpaired) electrons. The summed E-state index contributed by atoms with van der Waals surface area (Å²) in [5.74, 6) is 0.672. The first kappa shape index (κ1) is 28.7. The third-order valence-electron chi connectivity index (χ3n) is 7.57. The molecule has 2 fully saturated rings. The molecule has 0 bridgehead atoms. The van der Waals surface area contributed by atoms with Crippen LogP contribution < -0.4 is 10.6 Å². The Labute approximate surface area is 230 Å². The molecule has 6 nitrogen and oxygen atoms in total. The van der Waals surface area contributed by atoms with E-state index in [1.165, 1.54) is 19.3 Å². The number of likely N-dealkylation sites (tertiary alicyclic amines) is 1. The van der Waals surface area contributed by atoms with Crippen LogP contribution in [0.25, 0.3) is 0 Å². The minimum atomic E-state index is -0.197. The minimum Gasteiger partial charge on any atom is -0.350 e. The van der Waals surface area contributed by atoms with Crippen molar-refractivity contribution >= 4 is 46.0 Å². The largest absolute Gasteiger partial charge is 0.350 e. The molecular weight excluding hydrogens is 575 g/mol. The summed E-state index contributed by atoms with van der Waals surface area (Å²) >= 11 is 8.47. The van der Waals surface area contributed by atoms with Crippen LogP contribution in [0.2, 0.25) is 5.02 Å². The van der Waals surface area contributed by atoms with Crippen LogP contribution in [0, 0.1) is 5.92 Å². The van der Waals surface area contributed by atoms with Crippen molar-refractivity contribution in [3.8, 4) is 0 Å². The fourth-order valence-corrected chi connectivity index (χ4v) is 6.16. The molecule has 8 heteroatoms. The van der Waals surface area contributed by atoms with Gasteiger partial charge in [-0.05, 0) is 68.5 Å². The Kier molecular flexibility index (Phi) is 12.1. The number of nitrogens with one attached hydrogen (secondary N) is 2. The standard InChI is InChI=1S/C27H42ClIN4O2/c1-3-20(4-2)19-33-15-10-23(18-30-26(34)21-8-9-24(28)22(16-21)17-29)31-25(27(33)35)11-14-32-12-6-5-7-13-32/h8-9,16,20,23,25,31H,3-7,10-15,17-19H2,1-2H3,(H,30,34)/t23-,25-/m0/s1. The predicted molar refractivity (Wildman–Crippen MR) is 152 cm³/mol. The lowest BCUT2D eigenvalue weighted by molar-refractivity contribution is -0.133. The van der Waals surface area contributed by atoms with Crippen molar-refractivity contribution in [3.05, 3.63) is 34.3 Å². The van der Waals surface area contributed by atoms with Crippen LogP contribution in [0.3, 0.4) is 0 Å². The number of alkyl halides is 1. The second-order valence-corrected chi connectivity index (χ2v) is 11.2. The second-order valence-electron chi connectivity index (χ2n) is 10.0. The van der Waals surface area contributed by atoms with Gasteiger partial charge in [0.2, 0.25) is 5.91 Å². The van der Waals surface area contributed by atoms with E-state index in [1.54, 1.807) is 12.1 Å². The van der Waals surface area contributed by atoms with Crippen molar-refractivity contribution < 1.29 is 9.59 Å². The summed E-state index contributed by atoms with van der Waals surface area (Å²) in [6, 6.07) is 5.30.